The molecule has 0 saturated carbocycles. The molecule has 0 aromatic heterocycles. The van der Waals surface area contributed by atoms with E-state index in [4.69, 9.17) is 4.74 Å². The van der Waals surface area contributed by atoms with Gasteiger partial charge in [0.25, 0.3) is 0 Å². The van der Waals surface area contributed by atoms with E-state index in [-0.39, 0.29) is 19.3 Å². The third-order valence-electron chi connectivity index (χ3n) is 8.20. The van der Waals surface area contributed by atoms with Crippen molar-refractivity contribution in [2.75, 3.05) is 13.2 Å². The van der Waals surface area contributed by atoms with Crippen LogP contribution in [0.2, 0.25) is 0 Å². The van der Waals surface area contributed by atoms with E-state index in [0.717, 1.165) is 83.5 Å². The van der Waals surface area contributed by atoms with Crippen LogP contribution in [0.15, 0.2) is 0 Å². The first-order valence-electron chi connectivity index (χ1n) is 16.7. The Morgan fingerprint density at radius 3 is 1.40 bits per heavy atom. The van der Waals surface area contributed by atoms with Gasteiger partial charge in [-0.3, -0.25) is 14.4 Å². The number of ether oxygens (including phenoxy) is 1. The summed E-state index contributed by atoms with van der Waals surface area (Å²) in [4.78, 5) is 38.6. The highest BCUT2D eigenvalue weighted by atomic mass is 16.5. The SMILES string of the molecule is CCCCCCCCC(=O)OC[C@@H](O)[C@](O)(C(=O)CCCCCCCC)[C@H](O)[C@@](O)(CO)C(=O)CCCCCCCC. The van der Waals surface area contributed by atoms with E-state index in [0.29, 0.717) is 32.1 Å². The number of esters is 1. The molecule has 0 bridgehead atoms. The van der Waals surface area contributed by atoms with Crippen molar-refractivity contribution in [3.8, 4) is 0 Å². The summed E-state index contributed by atoms with van der Waals surface area (Å²) in [5.74, 6) is -2.53. The zero-order valence-corrected chi connectivity index (χ0v) is 26.8. The van der Waals surface area contributed by atoms with Crippen LogP contribution in [0, 0.1) is 0 Å². The molecule has 0 heterocycles. The van der Waals surface area contributed by atoms with Crippen molar-refractivity contribution >= 4 is 17.5 Å². The van der Waals surface area contributed by atoms with Crippen molar-refractivity contribution in [2.24, 2.45) is 0 Å². The molecule has 0 aromatic rings. The lowest BCUT2D eigenvalue weighted by Crippen LogP contribution is -2.70. The fraction of sp³-hybridized carbons (Fsp3) is 0.909. The van der Waals surface area contributed by atoms with Crippen LogP contribution in [0.25, 0.3) is 0 Å². The Hall–Kier alpha value is -1.39. The van der Waals surface area contributed by atoms with E-state index in [1.54, 1.807) is 0 Å². The predicted molar refractivity (Wildman–Crippen MR) is 164 cm³/mol. The minimum Gasteiger partial charge on any atom is -0.463 e. The number of ketones is 2. The number of carbonyl (C=O) groups excluding carboxylic acids is 3. The Morgan fingerprint density at radius 1 is 0.595 bits per heavy atom. The first-order chi connectivity index (χ1) is 20.1. The summed E-state index contributed by atoms with van der Waals surface area (Å²) in [6.45, 7) is 4.23. The van der Waals surface area contributed by atoms with Crippen LogP contribution >= 0.6 is 0 Å². The largest absolute Gasteiger partial charge is 0.463 e. The summed E-state index contributed by atoms with van der Waals surface area (Å²) in [5, 5.41) is 54.7. The quantitative estimate of drug-likeness (QED) is 0.0579. The molecule has 0 aromatic carbocycles. The summed E-state index contributed by atoms with van der Waals surface area (Å²) in [7, 11) is 0. The highest BCUT2D eigenvalue weighted by molar-refractivity contribution is 5.93. The van der Waals surface area contributed by atoms with Gasteiger partial charge in [0.1, 0.15) is 18.8 Å². The molecule has 0 radical (unpaired) electrons. The van der Waals surface area contributed by atoms with Crippen molar-refractivity contribution in [2.45, 2.75) is 179 Å². The van der Waals surface area contributed by atoms with Gasteiger partial charge in [-0.1, -0.05) is 117 Å². The summed E-state index contributed by atoms with van der Waals surface area (Å²) in [6, 6.07) is 0. The average Bonchev–Trinajstić information content (AvgIpc) is 2.99. The van der Waals surface area contributed by atoms with E-state index in [9.17, 15) is 39.9 Å². The van der Waals surface area contributed by atoms with Crippen LogP contribution in [0.1, 0.15) is 156 Å². The van der Waals surface area contributed by atoms with Crippen LogP contribution in [0.3, 0.4) is 0 Å². The molecule has 0 unspecified atom stereocenters. The highest BCUT2D eigenvalue weighted by Gasteiger charge is 2.59. The van der Waals surface area contributed by atoms with E-state index in [2.05, 4.69) is 20.8 Å². The van der Waals surface area contributed by atoms with Gasteiger partial charge in [-0.25, -0.2) is 0 Å². The van der Waals surface area contributed by atoms with Gasteiger partial charge >= 0.3 is 5.97 Å². The van der Waals surface area contributed by atoms with Gasteiger partial charge in [0.15, 0.2) is 22.8 Å². The standard InChI is InChI=1S/C33H62O9/c1-4-7-10-13-16-19-22-27(35)32(40,26-34)31(39)33(41,28(36)23-20-17-14-11-8-5-2)29(37)25-42-30(38)24-21-18-15-12-9-6-3/h29,31,34,37,39-41H,4-26H2,1-3H3/t29-,31-,32-,33-/m1/s1. The van der Waals surface area contributed by atoms with Crippen LogP contribution in [-0.2, 0) is 19.1 Å². The van der Waals surface area contributed by atoms with Crippen LogP contribution in [-0.4, -0.2) is 79.7 Å². The number of Topliss-reactive ketones (excluding diaryl/α,β-unsaturated/α-hetero) is 2. The molecule has 0 rings (SSSR count). The highest BCUT2D eigenvalue weighted by Crippen LogP contribution is 2.31. The molecule has 248 valence electrons. The number of rotatable bonds is 29. The second kappa shape index (κ2) is 24.0. The van der Waals surface area contributed by atoms with Crippen molar-refractivity contribution < 1.29 is 44.7 Å². The molecule has 9 nitrogen and oxygen atoms in total. The summed E-state index contributed by atoms with van der Waals surface area (Å²) in [6.07, 6.45) is 11.0. The van der Waals surface area contributed by atoms with Gasteiger partial charge in [-0.2, -0.15) is 0 Å². The Balaban J connectivity index is 5.50. The molecule has 0 amide bonds. The Morgan fingerprint density at radius 2 is 0.976 bits per heavy atom. The molecule has 4 atom stereocenters. The number of hydrogen-bond donors (Lipinski definition) is 5. The normalized spacial score (nSPS) is 15.9. The fourth-order valence-corrected chi connectivity index (χ4v) is 5.18. The molecular formula is C33H62O9. The number of carbonyl (C=O) groups is 3. The van der Waals surface area contributed by atoms with Crippen LogP contribution in [0.5, 0.6) is 0 Å². The van der Waals surface area contributed by atoms with Crippen molar-refractivity contribution in [3.05, 3.63) is 0 Å². The van der Waals surface area contributed by atoms with Gasteiger partial charge < -0.3 is 30.3 Å². The summed E-state index contributed by atoms with van der Waals surface area (Å²) >= 11 is 0. The summed E-state index contributed by atoms with van der Waals surface area (Å²) < 4.78 is 5.13. The van der Waals surface area contributed by atoms with Crippen LogP contribution < -0.4 is 0 Å². The average molecular weight is 603 g/mol. The van der Waals surface area contributed by atoms with Gasteiger partial charge in [0, 0.05) is 19.3 Å². The maximum absolute atomic E-state index is 13.3. The Bertz CT molecular complexity index is 728. The number of unbranched alkanes of at least 4 members (excludes halogenated alkanes) is 15. The van der Waals surface area contributed by atoms with Crippen molar-refractivity contribution in [1.29, 1.82) is 0 Å². The minimum absolute atomic E-state index is 0.100. The Labute approximate surface area is 254 Å². The smallest absolute Gasteiger partial charge is 0.305 e. The minimum atomic E-state index is -3.03. The summed E-state index contributed by atoms with van der Waals surface area (Å²) in [5.41, 5.74) is -5.91. The monoisotopic (exact) mass is 602 g/mol. The Kier molecular flexibility index (Phi) is 23.2. The number of aliphatic hydroxyl groups is 5. The van der Waals surface area contributed by atoms with Gasteiger partial charge in [0.05, 0.1) is 6.61 Å². The topological polar surface area (TPSA) is 162 Å². The van der Waals surface area contributed by atoms with Crippen molar-refractivity contribution in [3.63, 3.8) is 0 Å². The lowest BCUT2D eigenvalue weighted by atomic mass is 9.74. The molecule has 42 heavy (non-hydrogen) atoms. The first kappa shape index (κ1) is 40.6. The molecule has 0 saturated heterocycles. The van der Waals surface area contributed by atoms with Gasteiger partial charge in [-0.15, -0.1) is 0 Å². The molecule has 9 heteroatoms. The van der Waals surface area contributed by atoms with E-state index < -0.39 is 54.2 Å². The number of hydrogen-bond acceptors (Lipinski definition) is 9. The van der Waals surface area contributed by atoms with Crippen LogP contribution in [0.4, 0.5) is 0 Å². The van der Waals surface area contributed by atoms with Gasteiger partial charge in [0.2, 0.25) is 0 Å². The third-order valence-corrected chi connectivity index (χ3v) is 8.20. The molecule has 0 spiro atoms. The molecule has 0 fully saturated rings. The number of aliphatic hydroxyl groups excluding tert-OH is 3. The molecule has 5 N–H and O–H groups in total. The lowest BCUT2D eigenvalue weighted by Gasteiger charge is -2.42. The molecular weight excluding hydrogens is 540 g/mol. The first-order valence-corrected chi connectivity index (χ1v) is 16.7. The lowest BCUT2D eigenvalue weighted by molar-refractivity contribution is -0.221. The van der Waals surface area contributed by atoms with E-state index in [1.807, 2.05) is 0 Å². The molecule has 0 aliphatic rings. The van der Waals surface area contributed by atoms with Gasteiger partial charge in [-0.05, 0) is 19.3 Å². The predicted octanol–water partition coefficient (Wildman–Crippen LogP) is 5.10. The maximum atomic E-state index is 13.3. The van der Waals surface area contributed by atoms with E-state index >= 15 is 0 Å². The second-order valence-electron chi connectivity index (χ2n) is 11.9. The van der Waals surface area contributed by atoms with Crippen molar-refractivity contribution in [1.82, 2.24) is 0 Å². The second-order valence-corrected chi connectivity index (χ2v) is 11.9. The molecule has 0 aliphatic carbocycles. The maximum Gasteiger partial charge on any atom is 0.305 e. The zero-order chi connectivity index (χ0) is 31.9. The molecule has 0 aliphatic heterocycles. The third kappa shape index (κ3) is 14.9. The fourth-order valence-electron chi connectivity index (χ4n) is 5.18. The van der Waals surface area contributed by atoms with E-state index in [1.165, 1.54) is 0 Å². The zero-order valence-electron chi connectivity index (χ0n) is 26.8.